The van der Waals surface area contributed by atoms with Crippen LogP contribution >= 0.6 is 0 Å². The lowest BCUT2D eigenvalue weighted by atomic mass is 10.1. The second-order valence-electron chi connectivity index (χ2n) is 4.94. The highest BCUT2D eigenvalue weighted by atomic mass is 16.1. The Hall–Kier alpha value is -1.55. The van der Waals surface area contributed by atoms with Gasteiger partial charge in [0.05, 0.1) is 6.42 Å². The summed E-state index contributed by atoms with van der Waals surface area (Å²) < 4.78 is 0. The Morgan fingerprint density at radius 2 is 2.06 bits per heavy atom. The molecule has 0 fully saturated rings. The van der Waals surface area contributed by atoms with Gasteiger partial charge in [-0.3, -0.25) is 4.79 Å². The number of carbonyl (C=O) groups excluding carboxylic acids is 1. The number of benzene rings is 1. The molecule has 18 heavy (non-hydrogen) atoms. The molecular formula is C14H23N3O. The first kappa shape index (κ1) is 14.5. The van der Waals surface area contributed by atoms with Crippen molar-refractivity contribution in [1.82, 2.24) is 10.2 Å². The molecule has 1 amide bonds. The number of amides is 1. The Balaban J connectivity index is 2.40. The number of carbonyl (C=O) groups is 1. The van der Waals surface area contributed by atoms with Crippen LogP contribution in [0.1, 0.15) is 18.9 Å². The molecule has 3 N–H and O–H groups in total. The van der Waals surface area contributed by atoms with Gasteiger partial charge in [0.1, 0.15) is 0 Å². The molecule has 0 saturated heterocycles. The van der Waals surface area contributed by atoms with E-state index in [1.165, 1.54) is 0 Å². The topological polar surface area (TPSA) is 58.4 Å². The Kier molecular flexibility index (Phi) is 5.65. The first-order chi connectivity index (χ1) is 8.49. The number of nitrogens with two attached hydrogens (primary N) is 1. The minimum atomic E-state index is 0.0270. The summed E-state index contributed by atoms with van der Waals surface area (Å²) >= 11 is 0. The van der Waals surface area contributed by atoms with Crippen LogP contribution in [0.25, 0.3) is 0 Å². The highest BCUT2D eigenvalue weighted by Crippen LogP contribution is 2.11. The van der Waals surface area contributed by atoms with Crippen LogP contribution in [0.3, 0.4) is 0 Å². The highest BCUT2D eigenvalue weighted by molar-refractivity contribution is 5.80. The Bertz CT molecular complexity index is 390. The minimum absolute atomic E-state index is 0.0270. The number of hydrogen-bond acceptors (Lipinski definition) is 3. The van der Waals surface area contributed by atoms with Gasteiger partial charge in [0.25, 0.3) is 0 Å². The van der Waals surface area contributed by atoms with E-state index in [0.29, 0.717) is 12.1 Å². The maximum Gasteiger partial charge on any atom is 0.224 e. The third-order valence-electron chi connectivity index (χ3n) is 2.82. The Morgan fingerprint density at radius 1 is 1.39 bits per heavy atom. The lowest BCUT2D eigenvalue weighted by molar-refractivity contribution is -0.121. The van der Waals surface area contributed by atoms with Crippen molar-refractivity contribution < 1.29 is 4.79 Å². The van der Waals surface area contributed by atoms with Gasteiger partial charge in [-0.25, -0.2) is 0 Å². The largest absolute Gasteiger partial charge is 0.398 e. The van der Waals surface area contributed by atoms with Crippen molar-refractivity contribution in [2.24, 2.45) is 0 Å². The Morgan fingerprint density at radius 3 is 2.67 bits per heavy atom. The van der Waals surface area contributed by atoms with Gasteiger partial charge in [-0.15, -0.1) is 0 Å². The molecule has 0 radical (unpaired) electrons. The summed E-state index contributed by atoms with van der Waals surface area (Å²) in [6, 6.07) is 7.66. The van der Waals surface area contributed by atoms with Crippen LogP contribution in [0.4, 0.5) is 5.69 Å². The molecule has 4 nitrogen and oxygen atoms in total. The van der Waals surface area contributed by atoms with Crippen molar-refractivity contribution >= 4 is 11.6 Å². The van der Waals surface area contributed by atoms with Crippen molar-refractivity contribution in [2.75, 3.05) is 26.4 Å². The summed E-state index contributed by atoms with van der Waals surface area (Å²) in [6.07, 6.45) is 1.29. The van der Waals surface area contributed by atoms with E-state index in [0.717, 1.165) is 18.5 Å². The monoisotopic (exact) mass is 249 g/mol. The number of nitrogens with one attached hydrogen (secondary N) is 1. The first-order valence-corrected chi connectivity index (χ1v) is 6.26. The summed E-state index contributed by atoms with van der Waals surface area (Å²) in [7, 11) is 4.05. The molecule has 4 heteroatoms. The standard InChI is InChI=1S/C14H23N3O/c1-11(8-9-17(2)3)16-14(18)10-12-6-4-5-7-13(12)15/h4-7,11H,8-10,15H2,1-3H3,(H,16,18). The van der Waals surface area contributed by atoms with Gasteiger partial charge in [0, 0.05) is 11.7 Å². The number of hydrogen-bond donors (Lipinski definition) is 2. The van der Waals surface area contributed by atoms with E-state index in [2.05, 4.69) is 10.2 Å². The fourth-order valence-electron chi connectivity index (χ4n) is 1.72. The number of rotatable bonds is 6. The van der Waals surface area contributed by atoms with E-state index in [9.17, 15) is 4.79 Å². The van der Waals surface area contributed by atoms with E-state index in [4.69, 9.17) is 5.73 Å². The third-order valence-corrected chi connectivity index (χ3v) is 2.82. The summed E-state index contributed by atoms with van der Waals surface area (Å²) in [6.45, 7) is 2.99. The van der Waals surface area contributed by atoms with Crippen LogP contribution in [-0.4, -0.2) is 37.5 Å². The van der Waals surface area contributed by atoms with E-state index in [1.807, 2.05) is 45.3 Å². The second-order valence-corrected chi connectivity index (χ2v) is 4.94. The molecule has 100 valence electrons. The molecule has 0 bridgehead atoms. The van der Waals surface area contributed by atoms with Crippen LogP contribution in [0.5, 0.6) is 0 Å². The minimum Gasteiger partial charge on any atom is -0.398 e. The zero-order valence-corrected chi connectivity index (χ0v) is 11.4. The first-order valence-electron chi connectivity index (χ1n) is 6.26. The van der Waals surface area contributed by atoms with Crippen molar-refractivity contribution in [1.29, 1.82) is 0 Å². The van der Waals surface area contributed by atoms with Crippen LogP contribution in [0, 0.1) is 0 Å². The van der Waals surface area contributed by atoms with Crippen LogP contribution in [0.15, 0.2) is 24.3 Å². The van der Waals surface area contributed by atoms with E-state index in [-0.39, 0.29) is 11.9 Å². The maximum absolute atomic E-state index is 11.8. The molecule has 1 unspecified atom stereocenters. The molecule has 1 rings (SSSR count). The molecule has 0 aromatic heterocycles. The smallest absolute Gasteiger partial charge is 0.224 e. The van der Waals surface area contributed by atoms with Crippen LogP contribution in [-0.2, 0) is 11.2 Å². The van der Waals surface area contributed by atoms with Gasteiger partial charge >= 0.3 is 0 Å². The predicted molar refractivity (Wildman–Crippen MR) is 75.3 cm³/mol. The Labute approximate surface area is 109 Å². The number of nitrogen functional groups attached to an aromatic ring is 1. The SMILES string of the molecule is CC(CCN(C)C)NC(=O)Cc1ccccc1N. The van der Waals surface area contributed by atoms with Crippen LogP contribution in [0.2, 0.25) is 0 Å². The average molecular weight is 249 g/mol. The average Bonchev–Trinajstić information content (AvgIpc) is 2.29. The molecule has 0 aliphatic carbocycles. The van der Waals surface area contributed by atoms with Gasteiger partial charge in [-0.05, 0) is 45.6 Å². The van der Waals surface area contributed by atoms with Gasteiger partial charge in [-0.1, -0.05) is 18.2 Å². The van der Waals surface area contributed by atoms with Gasteiger partial charge in [0.15, 0.2) is 0 Å². The lowest BCUT2D eigenvalue weighted by Crippen LogP contribution is -2.35. The van der Waals surface area contributed by atoms with Gasteiger partial charge in [-0.2, -0.15) is 0 Å². The van der Waals surface area contributed by atoms with Crippen molar-refractivity contribution in [3.8, 4) is 0 Å². The van der Waals surface area contributed by atoms with E-state index >= 15 is 0 Å². The summed E-state index contributed by atoms with van der Waals surface area (Å²) in [5.41, 5.74) is 7.37. The zero-order valence-electron chi connectivity index (χ0n) is 11.4. The third kappa shape index (κ3) is 5.19. The number of anilines is 1. The molecular weight excluding hydrogens is 226 g/mol. The zero-order chi connectivity index (χ0) is 13.5. The number of nitrogens with zero attached hydrogens (tertiary/aromatic N) is 1. The molecule has 0 heterocycles. The summed E-state index contributed by atoms with van der Waals surface area (Å²) in [5.74, 6) is 0.0270. The lowest BCUT2D eigenvalue weighted by Gasteiger charge is -2.17. The van der Waals surface area contributed by atoms with Crippen molar-refractivity contribution in [3.63, 3.8) is 0 Å². The molecule has 0 aliphatic heterocycles. The normalized spacial score (nSPS) is 12.4. The van der Waals surface area contributed by atoms with E-state index in [1.54, 1.807) is 0 Å². The van der Waals surface area contributed by atoms with Crippen molar-refractivity contribution in [2.45, 2.75) is 25.8 Å². The number of para-hydroxylation sites is 1. The van der Waals surface area contributed by atoms with Gasteiger partial charge < -0.3 is 16.0 Å². The van der Waals surface area contributed by atoms with Crippen LogP contribution < -0.4 is 11.1 Å². The van der Waals surface area contributed by atoms with Gasteiger partial charge in [0.2, 0.25) is 5.91 Å². The predicted octanol–water partition coefficient (Wildman–Crippen LogP) is 1.27. The molecule has 0 spiro atoms. The summed E-state index contributed by atoms with van der Waals surface area (Å²) in [4.78, 5) is 13.9. The fourth-order valence-corrected chi connectivity index (χ4v) is 1.72. The molecule has 1 aromatic carbocycles. The quantitative estimate of drug-likeness (QED) is 0.746. The maximum atomic E-state index is 11.8. The highest BCUT2D eigenvalue weighted by Gasteiger charge is 2.09. The second kappa shape index (κ2) is 7.01. The molecule has 0 aliphatic rings. The molecule has 1 aromatic rings. The summed E-state index contributed by atoms with van der Waals surface area (Å²) in [5, 5.41) is 2.99. The fraction of sp³-hybridized carbons (Fsp3) is 0.500. The molecule has 1 atom stereocenters. The molecule has 0 saturated carbocycles. The van der Waals surface area contributed by atoms with E-state index < -0.39 is 0 Å². The van der Waals surface area contributed by atoms with Crippen molar-refractivity contribution in [3.05, 3.63) is 29.8 Å².